The predicted octanol–water partition coefficient (Wildman–Crippen LogP) is 1.47. The minimum Gasteiger partial charge on any atom is -0.469 e. The summed E-state index contributed by atoms with van der Waals surface area (Å²) in [6, 6.07) is -0.339. The number of methoxy groups -OCH3 is 1. The first kappa shape index (κ1) is 10.6. The van der Waals surface area contributed by atoms with Crippen LogP contribution in [0, 0.1) is 0 Å². The van der Waals surface area contributed by atoms with Gasteiger partial charge in [-0.3, -0.25) is 4.79 Å². The smallest absolute Gasteiger partial charge is 0.307 e. The fraction of sp³-hybridized carbons (Fsp3) is 0.429. The van der Waals surface area contributed by atoms with E-state index in [1.807, 2.05) is 0 Å². The monoisotopic (exact) mass is 264 g/mol. The number of esters is 1. The Balaban J connectivity index is 2.63. The summed E-state index contributed by atoms with van der Waals surface area (Å²) in [5.41, 5.74) is 5.76. The molecule has 1 aromatic heterocycles. The van der Waals surface area contributed by atoms with E-state index in [4.69, 9.17) is 5.73 Å². The van der Waals surface area contributed by atoms with E-state index in [9.17, 15) is 4.79 Å². The van der Waals surface area contributed by atoms with Crippen molar-refractivity contribution in [2.45, 2.75) is 12.5 Å². The van der Waals surface area contributed by atoms with Crippen molar-refractivity contribution in [3.8, 4) is 0 Å². The van der Waals surface area contributed by atoms with E-state index in [0.717, 1.165) is 9.35 Å². The first-order chi connectivity index (χ1) is 6.15. The molecule has 1 aromatic rings. The fourth-order valence-corrected chi connectivity index (χ4v) is 2.22. The average molecular weight is 265 g/mol. The van der Waals surface area contributed by atoms with Crippen LogP contribution in [-0.2, 0) is 9.53 Å². The van der Waals surface area contributed by atoms with Gasteiger partial charge in [0.05, 0.1) is 35.1 Å². The molecule has 0 unspecified atom stereocenters. The lowest BCUT2D eigenvalue weighted by atomic mass is 10.2. The molecule has 0 aliphatic heterocycles. The van der Waals surface area contributed by atoms with Gasteiger partial charge in [-0.05, 0) is 27.5 Å². The maximum Gasteiger partial charge on any atom is 0.307 e. The van der Waals surface area contributed by atoms with Crippen LogP contribution in [0.5, 0.6) is 0 Å². The van der Waals surface area contributed by atoms with Crippen molar-refractivity contribution in [2.24, 2.45) is 5.73 Å². The number of aromatic nitrogens is 1. The average Bonchev–Trinajstić information content (AvgIpc) is 2.51. The molecular formula is C7H9BrN2O2S. The van der Waals surface area contributed by atoms with E-state index in [-0.39, 0.29) is 18.4 Å². The Hall–Kier alpha value is -0.460. The molecule has 0 aliphatic carbocycles. The van der Waals surface area contributed by atoms with Gasteiger partial charge in [-0.2, -0.15) is 4.37 Å². The van der Waals surface area contributed by atoms with Gasteiger partial charge in [0.25, 0.3) is 0 Å². The second-order valence-corrected chi connectivity index (χ2v) is 4.11. The lowest BCUT2D eigenvalue weighted by Crippen LogP contribution is -2.15. The highest BCUT2D eigenvalue weighted by molar-refractivity contribution is 9.10. The molecule has 0 saturated heterocycles. The lowest BCUT2D eigenvalue weighted by molar-refractivity contribution is -0.141. The standard InChI is InChI=1S/C7H9BrN2O2S/c1-12-6(11)2-5(9)7-4(8)3-10-13-7/h3,5H,2,9H2,1H3/t5-/m0/s1. The first-order valence-corrected chi connectivity index (χ1v) is 5.14. The zero-order chi connectivity index (χ0) is 9.84. The van der Waals surface area contributed by atoms with Gasteiger partial charge in [0.15, 0.2) is 0 Å². The van der Waals surface area contributed by atoms with E-state index in [2.05, 4.69) is 25.0 Å². The maximum atomic E-state index is 10.9. The van der Waals surface area contributed by atoms with Crippen LogP contribution in [0.2, 0.25) is 0 Å². The largest absolute Gasteiger partial charge is 0.469 e. The summed E-state index contributed by atoms with van der Waals surface area (Å²) in [4.78, 5) is 11.8. The third kappa shape index (κ3) is 2.75. The van der Waals surface area contributed by atoms with Crippen LogP contribution in [0.4, 0.5) is 0 Å². The molecule has 1 heterocycles. The van der Waals surface area contributed by atoms with E-state index >= 15 is 0 Å². The summed E-state index contributed by atoms with van der Waals surface area (Å²) >= 11 is 4.57. The van der Waals surface area contributed by atoms with Crippen LogP contribution in [-0.4, -0.2) is 17.5 Å². The molecule has 6 heteroatoms. The van der Waals surface area contributed by atoms with E-state index in [1.165, 1.54) is 18.6 Å². The molecule has 2 N–H and O–H groups in total. The van der Waals surface area contributed by atoms with Gasteiger partial charge in [0.2, 0.25) is 0 Å². The molecule has 0 bridgehead atoms. The Bertz CT molecular complexity index is 302. The minimum atomic E-state index is -0.339. The van der Waals surface area contributed by atoms with Crippen molar-refractivity contribution in [1.29, 1.82) is 0 Å². The Kier molecular flexibility index (Phi) is 3.83. The van der Waals surface area contributed by atoms with Crippen molar-refractivity contribution in [3.05, 3.63) is 15.5 Å². The van der Waals surface area contributed by atoms with Gasteiger partial charge in [-0.1, -0.05) is 0 Å². The zero-order valence-corrected chi connectivity index (χ0v) is 9.39. The SMILES string of the molecule is COC(=O)C[C@H](N)c1sncc1Br. The number of hydrogen-bond acceptors (Lipinski definition) is 5. The first-order valence-electron chi connectivity index (χ1n) is 3.57. The topological polar surface area (TPSA) is 65.2 Å². The fourth-order valence-electron chi connectivity index (χ4n) is 0.837. The third-order valence-corrected chi connectivity index (χ3v) is 3.33. The highest BCUT2D eigenvalue weighted by Crippen LogP contribution is 2.27. The normalized spacial score (nSPS) is 12.5. The molecule has 13 heavy (non-hydrogen) atoms. The van der Waals surface area contributed by atoms with Gasteiger partial charge in [-0.25, -0.2) is 0 Å². The summed E-state index contributed by atoms with van der Waals surface area (Å²) in [5.74, 6) is -0.312. The Morgan fingerprint density at radius 2 is 2.62 bits per heavy atom. The number of hydrogen-bond donors (Lipinski definition) is 1. The van der Waals surface area contributed by atoms with Crippen LogP contribution in [0.1, 0.15) is 17.3 Å². The molecular weight excluding hydrogens is 256 g/mol. The molecule has 0 amide bonds. The zero-order valence-electron chi connectivity index (χ0n) is 6.99. The second-order valence-electron chi connectivity index (χ2n) is 2.42. The van der Waals surface area contributed by atoms with Crippen LogP contribution in [0.15, 0.2) is 10.7 Å². The van der Waals surface area contributed by atoms with Crippen molar-refractivity contribution in [1.82, 2.24) is 4.37 Å². The number of ether oxygens (including phenoxy) is 1. The van der Waals surface area contributed by atoms with Crippen LogP contribution >= 0.6 is 27.5 Å². The molecule has 4 nitrogen and oxygen atoms in total. The van der Waals surface area contributed by atoms with Crippen LogP contribution in [0.3, 0.4) is 0 Å². The highest BCUT2D eigenvalue weighted by Gasteiger charge is 2.16. The third-order valence-electron chi connectivity index (χ3n) is 1.50. The maximum absolute atomic E-state index is 10.9. The van der Waals surface area contributed by atoms with Crippen LogP contribution < -0.4 is 5.73 Å². The van der Waals surface area contributed by atoms with E-state index in [1.54, 1.807) is 6.20 Å². The van der Waals surface area contributed by atoms with Crippen molar-refractivity contribution in [2.75, 3.05) is 7.11 Å². The van der Waals surface area contributed by atoms with Gasteiger partial charge in [0.1, 0.15) is 0 Å². The summed E-state index contributed by atoms with van der Waals surface area (Å²) < 4.78 is 9.29. The van der Waals surface area contributed by atoms with Crippen LogP contribution in [0.25, 0.3) is 0 Å². The minimum absolute atomic E-state index is 0.178. The molecule has 0 aliphatic rings. The molecule has 0 fully saturated rings. The highest BCUT2D eigenvalue weighted by atomic mass is 79.9. The summed E-state index contributed by atoms with van der Waals surface area (Å²) in [6.45, 7) is 0. The molecule has 72 valence electrons. The molecule has 0 radical (unpaired) electrons. The van der Waals surface area contributed by atoms with Gasteiger partial charge in [-0.15, -0.1) is 0 Å². The number of carbonyl (C=O) groups excluding carboxylic acids is 1. The molecule has 1 atom stereocenters. The second kappa shape index (κ2) is 4.69. The summed E-state index contributed by atoms with van der Waals surface area (Å²) in [5, 5.41) is 0. The number of nitrogens with two attached hydrogens (primary N) is 1. The number of carbonyl (C=O) groups is 1. The molecule has 0 aromatic carbocycles. The molecule has 1 rings (SSSR count). The van der Waals surface area contributed by atoms with E-state index in [0.29, 0.717) is 0 Å². The van der Waals surface area contributed by atoms with E-state index < -0.39 is 0 Å². The number of rotatable bonds is 3. The van der Waals surface area contributed by atoms with Gasteiger partial charge in [0, 0.05) is 0 Å². The molecule has 0 spiro atoms. The Labute approximate surface area is 88.4 Å². The molecule has 0 saturated carbocycles. The van der Waals surface area contributed by atoms with Crippen molar-refractivity contribution in [3.63, 3.8) is 0 Å². The van der Waals surface area contributed by atoms with Crippen molar-refractivity contribution < 1.29 is 9.53 Å². The Morgan fingerprint density at radius 3 is 3.08 bits per heavy atom. The van der Waals surface area contributed by atoms with Gasteiger partial charge >= 0.3 is 5.97 Å². The predicted molar refractivity (Wildman–Crippen MR) is 53.4 cm³/mol. The van der Waals surface area contributed by atoms with Crippen molar-refractivity contribution >= 4 is 33.4 Å². The summed E-state index contributed by atoms with van der Waals surface area (Å²) in [7, 11) is 1.34. The lowest BCUT2D eigenvalue weighted by Gasteiger charge is -2.07. The van der Waals surface area contributed by atoms with Gasteiger partial charge < -0.3 is 10.5 Å². The summed E-state index contributed by atoms with van der Waals surface area (Å²) in [6.07, 6.45) is 1.84. The Morgan fingerprint density at radius 1 is 1.92 bits per heavy atom. The quantitative estimate of drug-likeness (QED) is 0.840. The number of halogens is 1. The number of nitrogens with zero attached hydrogens (tertiary/aromatic N) is 1.